The minimum atomic E-state index is -0.236. The van der Waals surface area contributed by atoms with Gasteiger partial charge in [0.15, 0.2) is 0 Å². The number of aliphatic hydroxyl groups is 1. The van der Waals surface area contributed by atoms with E-state index in [2.05, 4.69) is 0 Å². The standard InChI is InChI=1S/C11H20O/c12-11-8-4-2-1-3-6-10(11)7-5-9-11/h10,12H,1-9H2/t10-,11-/m0/s1. The van der Waals surface area contributed by atoms with Crippen LogP contribution < -0.4 is 0 Å². The third kappa shape index (κ3) is 1.52. The molecule has 0 unspecified atom stereocenters. The van der Waals surface area contributed by atoms with Crippen molar-refractivity contribution in [1.82, 2.24) is 0 Å². The Labute approximate surface area is 75.2 Å². The molecule has 0 bridgehead atoms. The second-order valence-electron chi connectivity index (χ2n) is 4.65. The lowest BCUT2D eigenvalue weighted by molar-refractivity contribution is -0.0154. The zero-order valence-electron chi connectivity index (χ0n) is 7.89. The fourth-order valence-electron chi connectivity index (χ4n) is 3.04. The van der Waals surface area contributed by atoms with Gasteiger partial charge in [-0.3, -0.25) is 0 Å². The predicted molar refractivity (Wildman–Crippen MR) is 50.0 cm³/mol. The van der Waals surface area contributed by atoms with Crippen molar-refractivity contribution in [2.75, 3.05) is 0 Å². The van der Waals surface area contributed by atoms with E-state index in [1.54, 1.807) is 0 Å². The highest BCUT2D eigenvalue weighted by molar-refractivity contribution is 4.92. The van der Waals surface area contributed by atoms with Crippen molar-refractivity contribution in [3.63, 3.8) is 0 Å². The summed E-state index contributed by atoms with van der Waals surface area (Å²) in [6.07, 6.45) is 11.4. The van der Waals surface area contributed by atoms with E-state index in [1.165, 1.54) is 44.9 Å². The summed E-state index contributed by atoms with van der Waals surface area (Å²) < 4.78 is 0. The quantitative estimate of drug-likeness (QED) is 0.589. The number of hydrogen-bond donors (Lipinski definition) is 1. The van der Waals surface area contributed by atoms with Crippen LogP contribution in [0.4, 0.5) is 0 Å². The largest absolute Gasteiger partial charge is 0.390 e. The summed E-state index contributed by atoms with van der Waals surface area (Å²) in [7, 11) is 0. The van der Waals surface area contributed by atoms with Crippen LogP contribution in [-0.4, -0.2) is 10.7 Å². The van der Waals surface area contributed by atoms with Gasteiger partial charge < -0.3 is 5.11 Å². The number of hydrogen-bond acceptors (Lipinski definition) is 1. The van der Waals surface area contributed by atoms with Gasteiger partial charge in [0.1, 0.15) is 0 Å². The molecule has 0 aliphatic heterocycles. The number of fused-ring (bicyclic) bond motifs is 1. The first kappa shape index (κ1) is 8.55. The van der Waals surface area contributed by atoms with E-state index < -0.39 is 0 Å². The predicted octanol–water partition coefficient (Wildman–Crippen LogP) is 2.87. The van der Waals surface area contributed by atoms with Gasteiger partial charge in [-0.25, -0.2) is 0 Å². The van der Waals surface area contributed by atoms with E-state index in [4.69, 9.17) is 0 Å². The van der Waals surface area contributed by atoms with E-state index in [0.29, 0.717) is 5.92 Å². The molecule has 1 nitrogen and oxygen atoms in total. The summed E-state index contributed by atoms with van der Waals surface area (Å²) in [5, 5.41) is 10.3. The molecule has 0 spiro atoms. The van der Waals surface area contributed by atoms with Gasteiger partial charge in [-0.1, -0.05) is 32.1 Å². The minimum Gasteiger partial charge on any atom is -0.390 e. The second-order valence-corrected chi connectivity index (χ2v) is 4.65. The lowest BCUT2D eigenvalue weighted by Gasteiger charge is -2.32. The highest BCUT2D eigenvalue weighted by Crippen LogP contribution is 2.43. The molecular formula is C11H20O. The van der Waals surface area contributed by atoms with Crippen molar-refractivity contribution in [1.29, 1.82) is 0 Å². The van der Waals surface area contributed by atoms with Crippen LogP contribution in [0.15, 0.2) is 0 Å². The Balaban J connectivity index is 2.02. The van der Waals surface area contributed by atoms with E-state index >= 15 is 0 Å². The first-order valence-electron chi connectivity index (χ1n) is 5.54. The molecule has 2 saturated carbocycles. The van der Waals surface area contributed by atoms with Gasteiger partial charge >= 0.3 is 0 Å². The van der Waals surface area contributed by atoms with Gasteiger partial charge in [-0.05, 0) is 31.6 Å². The first-order chi connectivity index (χ1) is 5.81. The Morgan fingerprint density at radius 3 is 2.42 bits per heavy atom. The molecule has 70 valence electrons. The van der Waals surface area contributed by atoms with Gasteiger partial charge in [0.2, 0.25) is 0 Å². The Hall–Kier alpha value is -0.0400. The molecule has 2 aliphatic carbocycles. The summed E-state index contributed by atoms with van der Waals surface area (Å²) in [6, 6.07) is 0. The average Bonchev–Trinajstić information content (AvgIpc) is 2.34. The molecule has 1 heteroatoms. The van der Waals surface area contributed by atoms with Crippen molar-refractivity contribution in [2.45, 2.75) is 63.4 Å². The summed E-state index contributed by atoms with van der Waals surface area (Å²) in [5.74, 6) is 0.651. The molecule has 2 rings (SSSR count). The van der Waals surface area contributed by atoms with Crippen LogP contribution in [0, 0.1) is 5.92 Å². The van der Waals surface area contributed by atoms with Crippen LogP contribution in [0.5, 0.6) is 0 Å². The smallest absolute Gasteiger partial charge is 0.0675 e. The molecule has 0 saturated heterocycles. The third-order valence-electron chi connectivity index (χ3n) is 3.83. The molecule has 2 atom stereocenters. The van der Waals surface area contributed by atoms with Gasteiger partial charge in [0.05, 0.1) is 5.60 Å². The van der Waals surface area contributed by atoms with Gasteiger partial charge in [-0.15, -0.1) is 0 Å². The Morgan fingerprint density at radius 1 is 0.833 bits per heavy atom. The Morgan fingerprint density at radius 2 is 1.50 bits per heavy atom. The summed E-state index contributed by atoms with van der Waals surface area (Å²) in [6.45, 7) is 0. The van der Waals surface area contributed by atoms with Crippen LogP contribution in [0.25, 0.3) is 0 Å². The molecule has 0 aromatic rings. The Bertz CT molecular complexity index is 155. The second kappa shape index (κ2) is 3.37. The zero-order valence-corrected chi connectivity index (χ0v) is 7.89. The SMILES string of the molecule is O[C@]12CCCCCC[C@H]1CCC2. The molecule has 0 aromatic carbocycles. The molecule has 12 heavy (non-hydrogen) atoms. The normalized spacial score (nSPS) is 43.2. The van der Waals surface area contributed by atoms with Gasteiger partial charge in [-0.2, -0.15) is 0 Å². The van der Waals surface area contributed by atoms with Crippen molar-refractivity contribution >= 4 is 0 Å². The maximum atomic E-state index is 10.3. The van der Waals surface area contributed by atoms with E-state index in [-0.39, 0.29) is 5.60 Å². The Kier molecular flexibility index (Phi) is 2.40. The molecule has 0 heterocycles. The zero-order chi connectivity index (χ0) is 8.44. The van der Waals surface area contributed by atoms with Crippen molar-refractivity contribution in [3.05, 3.63) is 0 Å². The molecule has 0 aromatic heterocycles. The maximum absolute atomic E-state index is 10.3. The topological polar surface area (TPSA) is 20.2 Å². The highest BCUT2D eigenvalue weighted by Gasteiger charge is 2.40. The van der Waals surface area contributed by atoms with Gasteiger partial charge in [0.25, 0.3) is 0 Å². The molecule has 0 amide bonds. The molecule has 0 radical (unpaired) electrons. The third-order valence-corrected chi connectivity index (χ3v) is 3.83. The number of rotatable bonds is 0. The molecular weight excluding hydrogens is 148 g/mol. The highest BCUT2D eigenvalue weighted by atomic mass is 16.3. The maximum Gasteiger partial charge on any atom is 0.0675 e. The lowest BCUT2D eigenvalue weighted by Crippen LogP contribution is -2.33. The summed E-state index contributed by atoms with van der Waals surface area (Å²) in [4.78, 5) is 0. The first-order valence-corrected chi connectivity index (χ1v) is 5.54. The van der Waals surface area contributed by atoms with Crippen LogP contribution in [0.3, 0.4) is 0 Å². The van der Waals surface area contributed by atoms with Crippen molar-refractivity contribution in [2.24, 2.45) is 5.92 Å². The average molecular weight is 168 g/mol. The van der Waals surface area contributed by atoms with Crippen molar-refractivity contribution < 1.29 is 5.11 Å². The molecule has 2 aliphatic rings. The van der Waals surface area contributed by atoms with Crippen LogP contribution >= 0.6 is 0 Å². The summed E-state index contributed by atoms with van der Waals surface area (Å²) in [5.41, 5.74) is -0.236. The van der Waals surface area contributed by atoms with Crippen LogP contribution in [0.2, 0.25) is 0 Å². The molecule has 1 N–H and O–H groups in total. The fraction of sp³-hybridized carbons (Fsp3) is 1.00. The van der Waals surface area contributed by atoms with E-state index in [1.807, 2.05) is 0 Å². The van der Waals surface area contributed by atoms with Crippen LogP contribution in [0.1, 0.15) is 57.8 Å². The van der Waals surface area contributed by atoms with E-state index in [0.717, 1.165) is 12.8 Å². The van der Waals surface area contributed by atoms with Gasteiger partial charge in [0, 0.05) is 0 Å². The monoisotopic (exact) mass is 168 g/mol. The summed E-state index contributed by atoms with van der Waals surface area (Å²) >= 11 is 0. The van der Waals surface area contributed by atoms with Crippen LogP contribution in [-0.2, 0) is 0 Å². The van der Waals surface area contributed by atoms with E-state index in [9.17, 15) is 5.11 Å². The lowest BCUT2D eigenvalue weighted by atomic mass is 9.80. The minimum absolute atomic E-state index is 0.236. The fourth-order valence-corrected chi connectivity index (χ4v) is 3.04. The van der Waals surface area contributed by atoms with Crippen molar-refractivity contribution in [3.8, 4) is 0 Å². The molecule has 2 fully saturated rings.